The summed E-state index contributed by atoms with van der Waals surface area (Å²) in [5.74, 6) is 0.846. The molecular formula is C12H23NO2. The van der Waals surface area contributed by atoms with Gasteiger partial charge in [0.15, 0.2) is 0 Å². The van der Waals surface area contributed by atoms with Gasteiger partial charge in [0.1, 0.15) is 0 Å². The molecule has 1 fully saturated rings. The van der Waals surface area contributed by atoms with E-state index in [2.05, 4.69) is 13.8 Å². The SMILES string of the molecule is CC(C(N)CC(=O)O)C(C)C1CCCC1. The number of rotatable bonds is 5. The predicted octanol–water partition coefficient (Wildman–Crippen LogP) is 2.25. The molecule has 1 rings (SSSR count). The van der Waals surface area contributed by atoms with Gasteiger partial charge in [-0.15, -0.1) is 0 Å². The van der Waals surface area contributed by atoms with Crippen LogP contribution in [0.1, 0.15) is 46.0 Å². The number of aliphatic carboxylic acids is 1. The van der Waals surface area contributed by atoms with Crippen LogP contribution in [0.4, 0.5) is 0 Å². The highest BCUT2D eigenvalue weighted by Gasteiger charge is 2.29. The highest BCUT2D eigenvalue weighted by molar-refractivity contribution is 5.67. The standard InChI is InChI=1S/C12H23NO2/c1-8(10-5-3-4-6-10)9(2)11(13)7-12(14)15/h8-11H,3-7,13H2,1-2H3,(H,14,15). The number of carbonyl (C=O) groups is 1. The van der Waals surface area contributed by atoms with E-state index < -0.39 is 5.97 Å². The van der Waals surface area contributed by atoms with Crippen LogP contribution in [0.2, 0.25) is 0 Å². The molecule has 0 heterocycles. The van der Waals surface area contributed by atoms with Crippen LogP contribution in [0.25, 0.3) is 0 Å². The van der Waals surface area contributed by atoms with Gasteiger partial charge in [0, 0.05) is 6.04 Å². The largest absolute Gasteiger partial charge is 0.481 e. The van der Waals surface area contributed by atoms with E-state index >= 15 is 0 Å². The van der Waals surface area contributed by atoms with E-state index in [0.29, 0.717) is 11.8 Å². The van der Waals surface area contributed by atoms with Crippen molar-refractivity contribution >= 4 is 5.97 Å². The average Bonchev–Trinajstić information content (AvgIpc) is 2.67. The van der Waals surface area contributed by atoms with E-state index in [1.807, 2.05) is 0 Å². The Morgan fingerprint density at radius 1 is 1.40 bits per heavy atom. The Labute approximate surface area is 92.0 Å². The molecule has 0 bridgehead atoms. The van der Waals surface area contributed by atoms with Crippen LogP contribution >= 0.6 is 0 Å². The van der Waals surface area contributed by atoms with Gasteiger partial charge in [-0.3, -0.25) is 4.79 Å². The molecule has 0 radical (unpaired) electrons. The van der Waals surface area contributed by atoms with E-state index in [0.717, 1.165) is 5.92 Å². The van der Waals surface area contributed by atoms with Crippen LogP contribution in [-0.2, 0) is 4.79 Å². The molecule has 1 aliphatic carbocycles. The zero-order valence-electron chi connectivity index (χ0n) is 9.78. The summed E-state index contributed by atoms with van der Waals surface area (Å²) in [6.07, 6.45) is 5.35. The topological polar surface area (TPSA) is 63.3 Å². The summed E-state index contributed by atoms with van der Waals surface area (Å²) in [7, 11) is 0. The summed E-state index contributed by atoms with van der Waals surface area (Å²) in [5.41, 5.74) is 5.91. The lowest BCUT2D eigenvalue weighted by atomic mass is 9.78. The molecule has 1 saturated carbocycles. The molecule has 0 aromatic rings. The maximum atomic E-state index is 10.6. The molecule has 15 heavy (non-hydrogen) atoms. The Morgan fingerprint density at radius 2 is 1.93 bits per heavy atom. The second-order valence-corrected chi connectivity index (χ2v) is 5.02. The van der Waals surface area contributed by atoms with Crippen molar-refractivity contribution in [1.29, 1.82) is 0 Å². The van der Waals surface area contributed by atoms with Gasteiger partial charge in [-0.1, -0.05) is 39.5 Å². The quantitative estimate of drug-likeness (QED) is 0.736. The third-order valence-corrected chi connectivity index (χ3v) is 4.06. The minimum Gasteiger partial charge on any atom is -0.481 e. The first kappa shape index (κ1) is 12.5. The molecule has 3 N–H and O–H groups in total. The molecule has 3 heteroatoms. The van der Waals surface area contributed by atoms with Crippen LogP contribution < -0.4 is 5.73 Å². The first-order valence-electron chi connectivity index (χ1n) is 5.99. The van der Waals surface area contributed by atoms with Gasteiger partial charge < -0.3 is 10.8 Å². The first-order valence-corrected chi connectivity index (χ1v) is 5.99. The van der Waals surface area contributed by atoms with E-state index in [4.69, 9.17) is 10.8 Å². The third kappa shape index (κ3) is 3.49. The highest BCUT2D eigenvalue weighted by atomic mass is 16.4. The Balaban J connectivity index is 2.43. The zero-order chi connectivity index (χ0) is 11.4. The molecule has 1 aliphatic rings. The Bertz CT molecular complexity index is 212. The van der Waals surface area contributed by atoms with Crippen molar-refractivity contribution in [2.24, 2.45) is 23.5 Å². The monoisotopic (exact) mass is 213 g/mol. The van der Waals surface area contributed by atoms with Crippen molar-refractivity contribution < 1.29 is 9.90 Å². The van der Waals surface area contributed by atoms with Crippen molar-refractivity contribution in [2.45, 2.75) is 52.0 Å². The van der Waals surface area contributed by atoms with Crippen molar-refractivity contribution in [3.8, 4) is 0 Å². The van der Waals surface area contributed by atoms with Crippen LogP contribution in [0.15, 0.2) is 0 Å². The molecule has 3 nitrogen and oxygen atoms in total. The minimum absolute atomic E-state index is 0.0955. The molecule has 0 aromatic heterocycles. The van der Waals surface area contributed by atoms with Crippen LogP contribution in [0.3, 0.4) is 0 Å². The second kappa shape index (κ2) is 5.50. The summed E-state index contributed by atoms with van der Waals surface area (Å²) in [6.45, 7) is 4.32. The Morgan fingerprint density at radius 3 is 2.40 bits per heavy atom. The number of carboxylic acid groups (broad SMARTS) is 1. The van der Waals surface area contributed by atoms with Gasteiger partial charge in [0.2, 0.25) is 0 Å². The summed E-state index contributed by atoms with van der Waals surface area (Å²) in [6, 6.07) is -0.196. The molecule has 88 valence electrons. The highest BCUT2D eigenvalue weighted by Crippen LogP contribution is 2.35. The van der Waals surface area contributed by atoms with Gasteiger partial charge >= 0.3 is 5.97 Å². The zero-order valence-corrected chi connectivity index (χ0v) is 9.78. The molecule has 3 atom stereocenters. The Hall–Kier alpha value is -0.570. The normalized spacial score (nSPS) is 23.7. The van der Waals surface area contributed by atoms with Crippen LogP contribution in [0.5, 0.6) is 0 Å². The lowest BCUT2D eigenvalue weighted by Gasteiger charge is -2.29. The van der Waals surface area contributed by atoms with E-state index in [-0.39, 0.29) is 12.5 Å². The van der Waals surface area contributed by atoms with Gasteiger partial charge in [-0.25, -0.2) is 0 Å². The number of nitrogens with two attached hydrogens (primary N) is 1. The maximum absolute atomic E-state index is 10.6. The van der Waals surface area contributed by atoms with Gasteiger partial charge in [0.25, 0.3) is 0 Å². The molecule has 3 unspecified atom stereocenters. The van der Waals surface area contributed by atoms with Gasteiger partial charge in [-0.2, -0.15) is 0 Å². The predicted molar refractivity (Wildman–Crippen MR) is 60.5 cm³/mol. The molecule has 0 saturated heterocycles. The molecule has 0 aromatic carbocycles. The number of hydrogen-bond acceptors (Lipinski definition) is 2. The lowest BCUT2D eigenvalue weighted by molar-refractivity contribution is -0.137. The van der Waals surface area contributed by atoms with Crippen molar-refractivity contribution in [2.75, 3.05) is 0 Å². The Kier molecular flexibility index (Phi) is 4.58. The molecule has 0 spiro atoms. The van der Waals surface area contributed by atoms with Crippen molar-refractivity contribution in [3.05, 3.63) is 0 Å². The smallest absolute Gasteiger partial charge is 0.304 e. The maximum Gasteiger partial charge on any atom is 0.304 e. The van der Waals surface area contributed by atoms with Crippen LogP contribution in [-0.4, -0.2) is 17.1 Å². The van der Waals surface area contributed by atoms with Gasteiger partial charge in [0.05, 0.1) is 6.42 Å². The summed E-state index contributed by atoms with van der Waals surface area (Å²) in [4.78, 5) is 10.6. The summed E-state index contributed by atoms with van der Waals surface area (Å²) in [5, 5.41) is 8.70. The number of carboxylic acids is 1. The summed E-state index contributed by atoms with van der Waals surface area (Å²) < 4.78 is 0. The number of hydrogen-bond donors (Lipinski definition) is 2. The molecule has 0 aliphatic heterocycles. The fraction of sp³-hybridized carbons (Fsp3) is 0.917. The third-order valence-electron chi connectivity index (χ3n) is 4.06. The van der Waals surface area contributed by atoms with E-state index in [1.54, 1.807) is 0 Å². The second-order valence-electron chi connectivity index (χ2n) is 5.02. The fourth-order valence-corrected chi connectivity index (χ4v) is 2.69. The minimum atomic E-state index is -0.784. The lowest BCUT2D eigenvalue weighted by Crippen LogP contribution is -2.36. The first-order chi connectivity index (χ1) is 7.02. The van der Waals surface area contributed by atoms with E-state index in [1.165, 1.54) is 25.7 Å². The summed E-state index contributed by atoms with van der Waals surface area (Å²) >= 11 is 0. The van der Waals surface area contributed by atoms with Crippen molar-refractivity contribution in [1.82, 2.24) is 0 Å². The molecular weight excluding hydrogens is 190 g/mol. The molecule has 0 amide bonds. The van der Waals surface area contributed by atoms with Crippen molar-refractivity contribution in [3.63, 3.8) is 0 Å². The van der Waals surface area contributed by atoms with Crippen LogP contribution in [0, 0.1) is 17.8 Å². The van der Waals surface area contributed by atoms with Gasteiger partial charge in [-0.05, 0) is 17.8 Å². The fourth-order valence-electron chi connectivity index (χ4n) is 2.69. The van der Waals surface area contributed by atoms with E-state index in [9.17, 15) is 4.79 Å². The average molecular weight is 213 g/mol.